The van der Waals surface area contributed by atoms with Crippen molar-refractivity contribution >= 4 is 0 Å². The third-order valence-electron chi connectivity index (χ3n) is 3.68. The van der Waals surface area contributed by atoms with Crippen LogP contribution in [-0.2, 0) is 6.42 Å². The van der Waals surface area contributed by atoms with E-state index in [-0.39, 0.29) is 0 Å². The van der Waals surface area contributed by atoms with E-state index in [1.807, 2.05) is 12.1 Å². The molecule has 1 heterocycles. The standard InChI is InChI=1S/C20H20O/c1-2-3-14-18-15-19(16-10-6-4-7-11-16)20(21-18)17-12-8-5-9-13-17/h4-13,15H,2-3,14H2,1H3. The van der Waals surface area contributed by atoms with Gasteiger partial charge in [-0.2, -0.15) is 0 Å². The third-order valence-corrected chi connectivity index (χ3v) is 3.68. The number of hydrogen-bond donors (Lipinski definition) is 0. The predicted octanol–water partition coefficient (Wildman–Crippen LogP) is 5.96. The summed E-state index contributed by atoms with van der Waals surface area (Å²) >= 11 is 0. The van der Waals surface area contributed by atoms with Crippen molar-refractivity contribution in [2.45, 2.75) is 26.2 Å². The van der Waals surface area contributed by atoms with E-state index in [1.54, 1.807) is 0 Å². The lowest BCUT2D eigenvalue weighted by molar-refractivity contribution is 0.513. The van der Waals surface area contributed by atoms with E-state index in [9.17, 15) is 0 Å². The van der Waals surface area contributed by atoms with E-state index < -0.39 is 0 Å². The van der Waals surface area contributed by atoms with Crippen LogP contribution >= 0.6 is 0 Å². The molecule has 0 saturated carbocycles. The molecule has 0 aliphatic heterocycles. The molecule has 3 rings (SSSR count). The molecular weight excluding hydrogens is 256 g/mol. The Morgan fingerprint density at radius 3 is 2.05 bits per heavy atom. The van der Waals surface area contributed by atoms with Crippen LogP contribution in [0, 0.1) is 0 Å². The fourth-order valence-corrected chi connectivity index (χ4v) is 2.55. The normalized spacial score (nSPS) is 10.7. The van der Waals surface area contributed by atoms with Crippen LogP contribution in [0.25, 0.3) is 22.5 Å². The second kappa shape index (κ2) is 6.45. The highest BCUT2D eigenvalue weighted by Gasteiger charge is 2.14. The Balaban J connectivity index is 2.06. The van der Waals surface area contributed by atoms with Gasteiger partial charge in [-0.3, -0.25) is 0 Å². The van der Waals surface area contributed by atoms with Crippen molar-refractivity contribution in [3.05, 3.63) is 72.5 Å². The van der Waals surface area contributed by atoms with Crippen molar-refractivity contribution in [3.8, 4) is 22.5 Å². The molecule has 0 aliphatic rings. The predicted molar refractivity (Wildman–Crippen MR) is 88.2 cm³/mol. The van der Waals surface area contributed by atoms with Gasteiger partial charge < -0.3 is 4.42 Å². The number of aryl methyl sites for hydroxylation is 1. The Morgan fingerprint density at radius 1 is 0.810 bits per heavy atom. The fraction of sp³-hybridized carbons (Fsp3) is 0.200. The zero-order valence-electron chi connectivity index (χ0n) is 12.4. The summed E-state index contributed by atoms with van der Waals surface area (Å²) in [6.45, 7) is 2.21. The molecule has 106 valence electrons. The van der Waals surface area contributed by atoms with Crippen molar-refractivity contribution in [1.29, 1.82) is 0 Å². The molecule has 0 aliphatic carbocycles. The van der Waals surface area contributed by atoms with Gasteiger partial charge in [0.05, 0.1) is 0 Å². The quantitative estimate of drug-likeness (QED) is 0.560. The van der Waals surface area contributed by atoms with Crippen molar-refractivity contribution in [1.82, 2.24) is 0 Å². The number of rotatable bonds is 5. The van der Waals surface area contributed by atoms with Crippen LogP contribution in [0.3, 0.4) is 0 Å². The van der Waals surface area contributed by atoms with Crippen LogP contribution in [0.4, 0.5) is 0 Å². The maximum Gasteiger partial charge on any atom is 0.142 e. The molecule has 0 radical (unpaired) electrons. The van der Waals surface area contributed by atoms with Gasteiger partial charge in [0.15, 0.2) is 0 Å². The van der Waals surface area contributed by atoms with Crippen molar-refractivity contribution < 1.29 is 4.42 Å². The summed E-state index contributed by atoms with van der Waals surface area (Å²) in [4.78, 5) is 0. The van der Waals surface area contributed by atoms with Gasteiger partial charge in [-0.25, -0.2) is 0 Å². The van der Waals surface area contributed by atoms with Crippen molar-refractivity contribution in [3.63, 3.8) is 0 Å². The molecule has 0 N–H and O–H groups in total. The minimum absolute atomic E-state index is 0.980. The highest BCUT2D eigenvalue weighted by Crippen LogP contribution is 2.35. The lowest BCUT2D eigenvalue weighted by Gasteiger charge is -2.02. The summed E-state index contributed by atoms with van der Waals surface area (Å²) < 4.78 is 6.16. The van der Waals surface area contributed by atoms with E-state index in [1.165, 1.54) is 17.5 Å². The lowest BCUT2D eigenvalue weighted by atomic mass is 10.0. The zero-order chi connectivity index (χ0) is 14.5. The average molecular weight is 276 g/mol. The molecule has 0 saturated heterocycles. The third kappa shape index (κ3) is 3.08. The number of benzene rings is 2. The van der Waals surface area contributed by atoms with Crippen molar-refractivity contribution in [2.24, 2.45) is 0 Å². The first-order valence-corrected chi connectivity index (χ1v) is 7.62. The number of unbranched alkanes of at least 4 members (excludes halogenated alkanes) is 1. The Labute approximate surface area is 126 Å². The van der Waals surface area contributed by atoms with Crippen LogP contribution in [0.5, 0.6) is 0 Å². The Hall–Kier alpha value is -2.28. The van der Waals surface area contributed by atoms with Gasteiger partial charge in [0.1, 0.15) is 11.5 Å². The molecule has 0 amide bonds. The Bertz CT molecular complexity index is 623. The number of hydrogen-bond acceptors (Lipinski definition) is 1. The van der Waals surface area contributed by atoms with Crippen LogP contribution in [0.2, 0.25) is 0 Å². The van der Waals surface area contributed by atoms with E-state index in [2.05, 4.69) is 61.5 Å². The molecule has 0 unspecified atom stereocenters. The number of furan rings is 1. The summed E-state index contributed by atoms with van der Waals surface area (Å²) in [7, 11) is 0. The molecule has 2 aromatic carbocycles. The minimum Gasteiger partial charge on any atom is -0.460 e. The van der Waals surface area contributed by atoms with Gasteiger partial charge in [-0.05, 0) is 18.1 Å². The summed E-state index contributed by atoms with van der Waals surface area (Å²) in [6.07, 6.45) is 3.35. The topological polar surface area (TPSA) is 13.1 Å². The Morgan fingerprint density at radius 2 is 1.43 bits per heavy atom. The first-order chi connectivity index (χ1) is 10.4. The molecule has 1 aromatic heterocycles. The summed E-state index contributed by atoms with van der Waals surface area (Å²) in [6, 6.07) is 23.0. The van der Waals surface area contributed by atoms with Gasteiger partial charge in [-0.15, -0.1) is 0 Å². The van der Waals surface area contributed by atoms with Gasteiger partial charge in [0.2, 0.25) is 0 Å². The molecule has 0 bridgehead atoms. The highest BCUT2D eigenvalue weighted by molar-refractivity contribution is 5.80. The Kier molecular flexibility index (Phi) is 4.20. The molecule has 1 heteroatoms. The molecule has 0 spiro atoms. The van der Waals surface area contributed by atoms with Crippen molar-refractivity contribution in [2.75, 3.05) is 0 Å². The largest absolute Gasteiger partial charge is 0.460 e. The first-order valence-electron chi connectivity index (χ1n) is 7.62. The minimum atomic E-state index is 0.980. The second-order valence-electron chi connectivity index (χ2n) is 5.29. The van der Waals surface area contributed by atoms with E-state index >= 15 is 0 Å². The zero-order valence-corrected chi connectivity index (χ0v) is 12.4. The monoisotopic (exact) mass is 276 g/mol. The van der Waals surface area contributed by atoms with Gasteiger partial charge in [0, 0.05) is 17.5 Å². The summed E-state index contributed by atoms with van der Waals surface area (Å²) in [5.41, 5.74) is 3.54. The lowest BCUT2D eigenvalue weighted by Crippen LogP contribution is -1.79. The maximum atomic E-state index is 6.16. The SMILES string of the molecule is CCCCc1cc(-c2ccccc2)c(-c2ccccc2)o1. The average Bonchev–Trinajstić information content (AvgIpc) is 2.99. The van der Waals surface area contributed by atoms with E-state index in [4.69, 9.17) is 4.42 Å². The van der Waals surface area contributed by atoms with Gasteiger partial charge in [-0.1, -0.05) is 74.0 Å². The van der Waals surface area contributed by atoms with Gasteiger partial charge >= 0.3 is 0 Å². The molecule has 1 nitrogen and oxygen atoms in total. The molecule has 0 atom stereocenters. The molecule has 21 heavy (non-hydrogen) atoms. The molecule has 3 aromatic rings. The van der Waals surface area contributed by atoms with Crippen LogP contribution in [0.15, 0.2) is 71.1 Å². The highest BCUT2D eigenvalue weighted by atomic mass is 16.3. The first kappa shape index (κ1) is 13.7. The van der Waals surface area contributed by atoms with Crippen LogP contribution in [0.1, 0.15) is 25.5 Å². The summed E-state index contributed by atoms with van der Waals surface area (Å²) in [5.74, 6) is 2.06. The smallest absolute Gasteiger partial charge is 0.142 e. The van der Waals surface area contributed by atoms with E-state index in [0.29, 0.717) is 0 Å². The maximum absolute atomic E-state index is 6.16. The summed E-state index contributed by atoms with van der Waals surface area (Å²) in [5, 5.41) is 0. The molecule has 0 fully saturated rings. The van der Waals surface area contributed by atoms with E-state index in [0.717, 1.165) is 29.9 Å². The second-order valence-corrected chi connectivity index (χ2v) is 5.29. The fourth-order valence-electron chi connectivity index (χ4n) is 2.55. The van der Waals surface area contributed by atoms with Crippen LogP contribution in [-0.4, -0.2) is 0 Å². The van der Waals surface area contributed by atoms with Crippen LogP contribution < -0.4 is 0 Å². The molecular formula is C20H20O. The van der Waals surface area contributed by atoms with Gasteiger partial charge in [0.25, 0.3) is 0 Å².